The van der Waals surface area contributed by atoms with Crippen molar-refractivity contribution in [3.05, 3.63) is 29.3 Å². The predicted molar refractivity (Wildman–Crippen MR) is 48.0 cm³/mol. The molecule has 0 aliphatic carbocycles. The summed E-state index contributed by atoms with van der Waals surface area (Å²) in [5.74, 6) is -3.05. The summed E-state index contributed by atoms with van der Waals surface area (Å²) in [5.41, 5.74) is 4.63. The van der Waals surface area contributed by atoms with Crippen LogP contribution in [0.5, 0.6) is 5.75 Å². The van der Waals surface area contributed by atoms with Crippen molar-refractivity contribution in [1.29, 1.82) is 0 Å². The quantitative estimate of drug-likeness (QED) is 0.577. The molecule has 0 aliphatic rings. The summed E-state index contributed by atoms with van der Waals surface area (Å²) in [6.07, 6.45) is -3.02. The van der Waals surface area contributed by atoms with Crippen LogP contribution >= 0.6 is 0 Å². The molecule has 0 spiro atoms. The van der Waals surface area contributed by atoms with Crippen molar-refractivity contribution < 1.29 is 24.1 Å². The molecule has 0 amide bonds. The number of halogens is 2. The van der Waals surface area contributed by atoms with Gasteiger partial charge >= 0.3 is 0 Å². The Hall–Kier alpha value is -1.24. The SMILES string of the molecule is NCC(O)C(O)c1cc(F)cc(F)c1O. The van der Waals surface area contributed by atoms with Crippen LogP contribution in [-0.2, 0) is 0 Å². The molecule has 0 heterocycles. The summed E-state index contributed by atoms with van der Waals surface area (Å²) >= 11 is 0. The molecule has 6 heteroatoms. The van der Waals surface area contributed by atoms with Crippen LogP contribution < -0.4 is 5.73 Å². The molecule has 0 aromatic heterocycles. The average Bonchev–Trinajstić information content (AvgIpc) is 2.21. The van der Waals surface area contributed by atoms with Crippen LogP contribution in [0, 0.1) is 11.6 Å². The molecule has 4 nitrogen and oxygen atoms in total. The molecule has 0 saturated heterocycles. The maximum atomic E-state index is 12.9. The minimum atomic E-state index is -1.62. The van der Waals surface area contributed by atoms with Crippen LogP contribution in [-0.4, -0.2) is 28.0 Å². The molecule has 0 fully saturated rings. The van der Waals surface area contributed by atoms with E-state index >= 15 is 0 Å². The predicted octanol–water partition coefficient (Wildman–Crippen LogP) is 0.0234. The van der Waals surface area contributed by atoms with Gasteiger partial charge in [-0.1, -0.05) is 0 Å². The van der Waals surface area contributed by atoms with Crippen molar-refractivity contribution in [1.82, 2.24) is 0 Å². The van der Waals surface area contributed by atoms with Gasteiger partial charge in [0.1, 0.15) is 11.9 Å². The van der Waals surface area contributed by atoms with Gasteiger partial charge in [-0.2, -0.15) is 0 Å². The maximum Gasteiger partial charge on any atom is 0.168 e. The van der Waals surface area contributed by atoms with Gasteiger partial charge in [0.2, 0.25) is 0 Å². The molecule has 0 saturated carbocycles. The Labute approximate surface area is 84.6 Å². The Bertz CT molecular complexity index is 359. The maximum absolute atomic E-state index is 12.9. The first-order valence-electron chi connectivity index (χ1n) is 4.21. The molecule has 2 unspecified atom stereocenters. The molecular weight excluding hydrogens is 208 g/mol. The number of hydrogen-bond donors (Lipinski definition) is 4. The topological polar surface area (TPSA) is 86.7 Å². The smallest absolute Gasteiger partial charge is 0.168 e. The van der Waals surface area contributed by atoms with Crippen molar-refractivity contribution in [2.75, 3.05) is 6.54 Å². The second-order valence-corrected chi connectivity index (χ2v) is 3.07. The highest BCUT2D eigenvalue weighted by Crippen LogP contribution is 2.29. The van der Waals surface area contributed by atoms with Gasteiger partial charge in [0, 0.05) is 18.2 Å². The lowest BCUT2D eigenvalue weighted by atomic mass is 10.0. The summed E-state index contributed by atoms with van der Waals surface area (Å²) in [5, 5.41) is 27.7. The van der Waals surface area contributed by atoms with Crippen LogP contribution in [0.4, 0.5) is 8.78 Å². The number of aromatic hydroxyl groups is 1. The Balaban J connectivity index is 3.13. The fourth-order valence-corrected chi connectivity index (χ4v) is 1.15. The molecule has 0 bridgehead atoms. The second-order valence-electron chi connectivity index (χ2n) is 3.07. The Kier molecular flexibility index (Phi) is 3.57. The number of nitrogens with two attached hydrogens (primary N) is 1. The Morgan fingerprint density at radius 3 is 2.40 bits per heavy atom. The number of aliphatic hydroxyl groups is 2. The van der Waals surface area contributed by atoms with Crippen LogP contribution in [0.2, 0.25) is 0 Å². The third-order valence-corrected chi connectivity index (χ3v) is 1.98. The van der Waals surface area contributed by atoms with Crippen molar-refractivity contribution in [3.63, 3.8) is 0 Å². The Morgan fingerprint density at radius 2 is 1.87 bits per heavy atom. The van der Waals surface area contributed by atoms with Crippen molar-refractivity contribution in [2.45, 2.75) is 12.2 Å². The van der Waals surface area contributed by atoms with E-state index in [9.17, 15) is 19.0 Å². The van der Waals surface area contributed by atoms with Gasteiger partial charge in [-0.3, -0.25) is 0 Å². The second kappa shape index (κ2) is 4.52. The lowest BCUT2D eigenvalue weighted by Gasteiger charge is -2.17. The highest BCUT2D eigenvalue weighted by atomic mass is 19.1. The number of phenols is 1. The van der Waals surface area contributed by atoms with E-state index in [0.717, 1.165) is 6.07 Å². The highest BCUT2D eigenvalue weighted by molar-refractivity contribution is 5.36. The molecule has 5 N–H and O–H groups in total. The number of hydrogen-bond acceptors (Lipinski definition) is 4. The summed E-state index contributed by atoms with van der Waals surface area (Å²) in [7, 11) is 0. The fourth-order valence-electron chi connectivity index (χ4n) is 1.15. The minimum Gasteiger partial charge on any atom is -0.505 e. The van der Waals surface area contributed by atoms with E-state index in [1.807, 2.05) is 0 Å². The molecule has 1 aromatic rings. The summed E-state index contributed by atoms with van der Waals surface area (Å²) < 4.78 is 25.6. The zero-order valence-electron chi connectivity index (χ0n) is 7.69. The van der Waals surface area contributed by atoms with Gasteiger partial charge < -0.3 is 21.1 Å². The van der Waals surface area contributed by atoms with E-state index in [1.54, 1.807) is 0 Å². The van der Waals surface area contributed by atoms with E-state index in [0.29, 0.717) is 6.07 Å². The normalized spacial score (nSPS) is 15.0. The third kappa shape index (κ3) is 2.41. The monoisotopic (exact) mass is 219 g/mol. The molecule has 0 radical (unpaired) electrons. The van der Waals surface area contributed by atoms with E-state index in [2.05, 4.69) is 0 Å². The standard InChI is InChI=1S/C9H11F2NO3/c10-4-1-5(8(14)6(11)2-4)9(15)7(13)3-12/h1-2,7,9,13-15H,3,12H2. The van der Waals surface area contributed by atoms with Gasteiger partial charge in [-0.25, -0.2) is 8.78 Å². The molecule has 1 aromatic carbocycles. The van der Waals surface area contributed by atoms with E-state index in [1.165, 1.54) is 0 Å². The largest absolute Gasteiger partial charge is 0.505 e. The zero-order valence-corrected chi connectivity index (χ0v) is 7.69. The first-order chi connectivity index (χ1) is 6.97. The number of benzene rings is 1. The molecular formula is C9H11F2NO3. The lowest BCUT2D eigenvalue weighted by Crippen LogP contribution is -2.27. The van der Waals surface area contributed by atoms with Crippen LogP contribution in [0.3, 0.4) is 0 Å². The minimum absolute atomic E-state index is 0.293. The van der Waals surface area contributed by atoms with E-state index in [4.69, 9.17) is 10.8 Å². The van der Waals surface area contributed by atoms with Crippen molar-refractivity contribution >= 4 is 0 Å². The number of rotatable bonds is 3. The van der Waals surface area contributed by atoms with Gasteiger partial charge in [0.05, 0.1) is 6.10 Å². The van der Waals surface area contributed by atoms with Crippen LogP contribution in [0.15, 0.2) is 12.1 Å². The van der Waals surface area contributed by atoms with Crippen LogP contribution in [0.25, 0.3) is 0 Å². The molecule has 1 rings (SSSR count). The summed E-state index contributed by atoms with van der Waals surface area (Å²) in [6.45, 7) is -0.293. The highest BCUT2D eigenvalue weighted by Gasteiger charge is 2.22. The number of phenolic OH excluding ortho intramolecular Hbond substituents is 1. The van der Waals surface area contributed by atoms with Crippen molar-refractivity contribution in [2.24, 2.45) is 5.73 Å². The van der Waals surface area contributed by atoms with Gasteiger partial charge in [-0.15, -0.1) is 0 Å². The van der Waals surface area contributed by atoms with Gasteiger partial charge in [0.25, 0.3) is 0 Å². The fraction of sp³-hybridized carbons (Fsp3) is 0.333. The zero-order chi connectivity index (χ0) is 11.6. The van der Waals surface area contributed by atoms with Crippen molar-refractivity contribution in [3.8, 4) is 5.75 Å². The van der Waals surface area contributed by atoms with Gasteiger partial charge in [0.15, 0.2) is 11.6 Å². The average molecular weight is 219 g/mol. The summed E-state index contributed by atoms with van der Waals surface area (Å²) in [6, 6.07) is 1.21. The van der Waals surface area contributed by atoms with Crippen LogP contribution in [0.1, 0.15) is 11.7 Å². The summed E-state index contributed by atoms with van der Waals surface area (Å²) in [4.78, 5) is 0. The molecule has 2 atom stereocenters. The molecule has 84 valence electrons. The molecule has 15 heavy (non-hydrogen) atoms. The molecule has 0 aliphatic heterocycles. The first-order valence-corrected chi connectivity index (χ1v) is 4.21. The number of aliphatic hydroxyl groups excluding tert-OH is 2. The first kappa shape index (κ1) is 11.8. The van der Waals surface area contributed by atoms with E-state index < -0.39 is 35.2 Å². The Morgan fingerprint density at radius 1 is 1.27 bits per heavy atom. The third-order valence-electron chi connectivity index (χ3n) is 1.98. The van der Waals surface area contributed by atoms with E-state index in [-0.39, 0.29) is 6.54 Å². The van der Waals surface area contributed by atoms with Gasteiger partial charge in [-0.05, 0) is 6.07 Å². The lowest BCUT2D eigenvalue weighted by molar-refractivity contribution is 0.0224.